The van der Waals surface area contributed by atoms with Crippen LogP contribution >= 0.6 is 11.6 Å². The van der Waals surface area contributed by atoms with Gasteiger partial charge in [0.05, 0.1) is 5.02 Å². The lowest BCUT2D eigenvalue weighted by molar-refractivity contribution is 0.245. The molecule has 0 N–H and O–H groups in total. The predicted octanol–water partition coefficient (Wildman–Crippen LogP) is 9.08. The zero-order chi connectivity index (χ0) is 21.6. The van der Waals surface area contributed by atoms with Gasteiger partial charge in [0.1, 0.15) is 5.82 Å². The molecule has 0 saturated heterocycles. The molecule has 0 amide bonds. The van der Waals surface area contributed by atoms with Crippen LogP contribution in [0.25, 0.3) is 11.1 Å². The number of benzene rings is 3. The van der Waals surface area contributed by atoms with Crippen LogP contribution in [-0.4, -0.2) is 0 Å². The Bertz CT molecular complexity index is 956. The minimum absolute atomic E-state index is 0.171. The van der Waals surface area contributed by atoms with Crippen LogP contribution in [0.3, 0.4) is 0 Å². The summed E-state index contributed by atoms with van der Waals surface area (Å²) in [6.45, 7) is 2.38. The van der Waals surface area contributed by atoms with E-state index >= 15 is 0 Å². The minimum Gasteiger partial charge on any atom is -0.205 e. The molecule has 1 aliphatic carbocycles. The van der Waals surface area contributed by atoms with Crippen molar-refractivity contribution < 1.29 is 4.39 Å². The average molecular weight is 435 g/mol. The smallest absolute Gasteiger partial charge is 0.142 e. The van der Waals surface area contributed by atoms with Gasteiger partial charge in [-0.1, -0.05) is 105 Å². The monoisotopic (exact) mass is 434 g/mol. The third-order valence-corrected chi connectivity index (χ3v) is 7.38. The van der Waals surface area contributed by atoms with E-state index in [1.54, 1.807) is 6.07 Å². The Hall–Kier alpha value is -2.12. The Labute approximate surface area is 191 Å². The van der Waals surface area contributed by atoms with Gasteiger partial charge in [-0.25, -0.2) is 4.39 Å². The summed E-state index contributed by atoms with van der Waals surface area (Å²) < 4.78 is 13.7. The van der Waals surface area contributed by atoms with Gasteiger partial charge in [-0.05, 0) is 71.4 Å². The van der Waals surface area contributed by atoms with E-state index in [0.717, 1.165) is 29.4 Å². The second kappa shape index (κ2) is 10.5. The summed E-state index contributed by atoms with van der Waals surface area (Å²) >= 11 is 5.80. The van der Waals surface area contributed by atoms with Gasteiger partial charge in [-0.3, -0.25) is 0 Å². The van der Waals surface area contributed by atoms with E-state index in [9.17, 15) is 4.39 Å². The molecule has 3 aromatic rings. The Morgan fingerprint density at radius 2 is 1.48 bits per heavy atom. The molecular formula is C29H32ClF. The molecule has 0 aliphatic heterocycles. The summed E-state index contributed by atoms with van der Waals surface area (Å²) in [6, 6.07) is 24.5. The van der Waals surface area contributed by atoms with E-state index in [1.807, 2.05) is 6.07 Å². The highest BCUT2D eigenvalue weighted by Crippen LogP contribution is 2.37. The molecule has 0 unspecified atom stereocenters. The highest BCUT2D eigenvalue weighted by molar-refractivity contribution is 6.30. The third-order valence-electron chi connectivity index (χ3n) is 7.07. The van der Waals surface area contributed by atoms with Crippen molar-refractivity contribution in [2.24, 2.45) is 11.8 Å². The van der Waals surface area contributed by atoms with Gasteiger partial charge in [-0.15, -0.1) is 0 Å². The van der Waals surface area contributed by atoms with Crippen LogP contribution in [-0.2, 0) is 6.42 Å². The molecule has 3 aromatic carbocycles. The van der Waals surface area contributed by atoms with Crippen molar-refractivity contribution in [3.63, 3.8) is 0 Å². The SMILES string of the molecule is C[C@@H](CC1CCC(CCc2ccc(-c3ccc(Cl)c(F)c3)cc2)CC1)c1ccccc1. The molecule has 2 heteroatoms. The van der Waals surface area contributed by atoms with Gasteiger partial charge < -0.3 is 0 Å². The summed E-state index contributed by atoms with van der Waals surface area (Å²) in [5, 5.41) is 0.171. The Morgan fingerprint density at radius 1 is 0.839 bits per heavy atom. The van der Waals surface area contributed by atoms with Gasteiger partial charge in [0, 0.05) is 0 Å². The predicted molar refractivity (Wildman–Crippen MR) is 130 cm³/mol. The van der Waals surface area contributed by atoms with Crippen molar-refractivity contribution in [1.29, 1.82) is 0 Å². The Morgan fingerprint density at radius 3 is 2.16 bits per heavy atom. The first-order valence-corrected chi connectivity index (χ1v) is 12.1. The van der Waals surface area contributed by atoms with Gasteiger partial charge >= 0.3 is 0 Å². The highest BCUT2D eigenvalue weighted by atomic mass is 35.5. The molecule has 0 aromatic heterocycles. The molecular weight excluding hydrogens is 403 g/mol. The van der Waals surface area contributed by atoms with E-state index in [1.165, 1.54) is 55.7 Å². The summed E-state index contributed by atoms with van der Waals surface area (Å²) in [7, 11) is 0. The second-order valence-corrected chi connectivity index (χ2v) is 9.71. The second-order valence-electron chi connectivity index (χ2n) is 9.30. The molecule has 4 rings (SSSR count). The zero-order valence-electron chi connectivity index (χ0n) is 18.4. The van der Waals surface area contributed by atoms with Crippen molar-refractivity contribution in [2.75, 3.05) is 0 Å². The summed E-state index contributed by atoms with van der Waals surface area (Å²) in [6.07, 6.45) is 9.22. The highest BCUT2D eigenvalue weighted by Gasteiger charge is 2.23. The van der Waals surface area contributed by atoms with Crippen LogP contribution in [0.4, 0.5) is 4.39 Å². The Kier molecular flexibility index (Phi) is 7.45. The average Bonchev–Trinajstić information content (AvgIpc) is 2.81. The summed E-state index contributed by atoms with van der Waals surface area (Å²) in [4.78, 5) is 0. The first-order chi connectivity index (χ1) is 15.1. The largest absolute Gasteiger partial charge is 0.205 e. The van der Waals surface area contributed by atoms with Gasteiger partial charge in [-0.2, -0.15) is 0 Å². The first-order valence-electron chi connectivity index (χ1n) is 11.7. The van der Waals surface area contributed by atoms with E-state index in [4.69, 9.17) is 11.6 Å². The molecule has 1 atom stereocenters. The lowest BCUT2D eigenvalue weighted by Crippen LogP contribution is -2.16. The maximum Gasteiger partial charge on any atom is 0.142 e. The minimum atomic E-state index is -0.364. The molecule has 0 spiro atoms. The van der Waals surface area contributed by atoms with Crippen molar-refractivity contribution in [1.82, 2.24) is 0 Å². The van der Waals surface area contributed by atoms with E-state index in [-0.39, 0.29) is 10.8 Å². The maximum absolute atomic E-state index is 13.7. The summed E-state index contributed by atoms with van der Waals surface area (Å²) in [5.74, 6) is 2.03. The summed E-state index contributed by atoms with van der Waals surface area (Å²) in [5.41, 5.74) is 4.76. The number of hydrogen-bond donors (Lipinski definition) is 0. The van der Waals surface area contributed by atoms with Crippen molar-refractivity contribution in [3.8, 4) is 11.1 Å². The standard InChI is InChI=1S/C29H32ClF/c1-21(25-5-3-2-4-6-25)19-24-11-9-22(10-12-24)7-8-23-13-15-26(16-14-23)27-17-18-28(30)29(31)20-27/h2-6,13-18,20-22,24H,7-12,19H2,1H3/t21-,22?,24?/m0/s1. The van der Waals surface area contributed by atoms with Gasteiger partial charge in [0.2, 0.25) is 0 Å². The van der Waals surface area contributed by atoms with E-state index in [2.05, 4.69) is 61.5 Å². The quantitative estimate of drug-likeness (QED) is 0.347. The molecule has 0 nitrogen and oxygen atoms in total. The fraction of sp³-hybridized carbons (Fsp3) is 0.379. The molecule has 162 valence electrons. The van der Waals surface area contributed by atoms with E-state index in [0.29, 0.717) is 5.92 Å². The molecule has 1 aliphatic rings. The molecule has 0 radical (unpaired) electrons. The van der Waals surface area contributed by atoms with Crippen LogP contribution in [0.5, 0.6) is 0 Å². The molecule has 1 fully saturated rings. The van der Waals surface area contributed by atoms with Gasteiger partial charge in [0.25, 0.3) is 0 Å². The fourth-order valence-corrected chi connectivity index (χ4v) is 5.20. The van der Waals surface area contributed by atoms with E-state index < -0.39 is 0 Å². The number of rotatable bonds is 7. The molecule has 31 heavy (non-hydrogen) atoms. The van der Waals surface area contributed by atoms with Crippen molar-refractivity contribution >= 4 is 11.6 Å². The van der Waals surface area contributed by atoms with Crippen molar-refractivity contribution in [3.05, 3.63) is 94.8 Å². The van der Waals surface area contributed by atoms with Crippen LogP contribution < -0.4 is 0 Å². The lowest BCUT2D eigenvalue weighted by atomic mass is 9.75. The zero-order valence-corrected chi connectivity index (χ0v) is 19.1. The number of hydrogen-bond acceptors (Lipinski definition) is 0. The lowest BCUT2D eigenvalue weighted by Gasteiger charge is -2.30. The molecule has 1 saturated carbocycles. The Balaban J connectivity index is 1.23. The first kappa shape index (κ1) is 22.1. The van der Waals surface area contributed by atoms with Crippen molar-refractivity contribution in [2.45, 2.75) is 57.8 Å². The van der Waals surface area contributed by atoms with Crippen LogP contribution in [0.15, 0.2) is 72.8 Å². The molecule has 0 heterocycles. The van der Waals surface area contributed by atoms with Crippen LogP contribution in [0.1, 0.15) is 62.5 Å². The number of halogens is 2. The normalized spacial score (nSPS) is 19.8. The number of aryl methyl sites for hydroxylation is 1. The van der Waals surface area contributed by atoms with Crippen LogP contribution in [0.2, 0.25) is 5.02 Å². The topological polar surface area (TPSA) is 0 Å². The third kappa shape index (κ3) is 5.98. The maximum atomic E-state index is 13.7. The fourth-order valence-electron chi connectivity index (χ4n) is 5.08. The van der Waals surface area contributed by atoms with Gasteiger partial charge in [0.15, 0.2) is 0 Å². The molecule has 0 bridgehead atoms. The van der Waals surface area contributed by atoms with Crippen LogP contribution in [0, 0.1) is 17.7 Å².